The van der Waals surface area contributed by atoms with Crippen LogP contribution in [-0.2, 0) is 11.0 Å². The molecule has 0 amide bonds. The molecule has 0 saturated carbocycles. The van der Waals surface area contributed by atoms with Gasteiger partial charge < -0.3 is 4.74 Å². The number of esters is 1. The zero-order valence-electron chi connectivity index (χ0n) is 6.50. The lowest BCUT2D eigenvalue weighted by molar-refractivity contribution is -0.212. The number of alkyl halides is 3. The Kier molecular flexibility index (Phi) is 2.26. The third kappa shape index (κ3) is 1.98. The van der Waals surface area contributed by atoms with E-state index in [0.717, 1.165) is 13.2 Å². The largest absolute Gasteiger partial charge is 0.504 e. The molecule has 0 unspecified atom stereocenters. The Morgan fingerprint density at radius 1 is 1.62 bits per heavy atom. The highest BCUT2D eigenvalue weighted by Gasteiger charge is 2.32. The molecular formula is C6H5F3N2O2. The van der Waals surface area contributed by atoms with Gasteiger partial charge in [0, 0.05) is 6.20 Å². The second kappa shape index (κ2) is 3.08. The Labute approximate surface area is 70.9 Å². The molecule has 0 radical (unpaired) electrons. The molecular weight excluding hydrogens is 189 g/mol. The van der Waals surface area contributed by atoms with E-state index in [2.05, 4.69) is 9.84 Å². The molecule has 0 atom stereocenters. The maximum absolute atomic E-state index is 11.9. The van der Waals surface area contributed by atoms with E-state index in [4.69, 9.17) is 0 Å². The van der Waals surface area contributed by atoms with Gasteiger partial charge in [-0.2, -0.15) is 9.78 Å². The fourth-order valence-electron chi connectivity index (χ4n) is 0.679. The molecule has 4 nitrogen and oxygen atoms in total. The lowest BCUT2D eigenvalue weighted by Crippen LogP contribution is -2.18. The highest BCUT2D eigenvalue weighted by molar-refractivity contribution is 5.86. The molecule has 1 rings (SSSR count). The van der Waals surface area contributed by atoms with Gasteiger partial charge >= 0.3 is 12.3 Å². The van der Waals surface area contributed by atoms with E-state index < -0.39 is 12.3 Å². The number of halogens is 3. The molecule has 0 aliphatic heterocycles. The smallest absolute Gasteiger partial charge is 0.464 e. The first-order valence-electron chi connectivity index (χ1n) is 3.16. The van der Waals surface area contributed by atoms with E-state index in [9.17, 15) is 18.0 Å². The van der Waals surface area contributed by atoms with Crippen molar-refractivity contribution in [3.05, 3.63) is 18.0 Å². The van der Waals surface area contributed by atoms with E-state index in [1.807, 2.05) is 0 Å². The number of nitrogens with zero attached hydrogens (tertiary/aromatic N) is 2. The molecule has 0 bridgehead atoms. The predicted molar refractivity (Wildman–Crippen MR) is 34.9 cm³/mol. The van der Waals surface area contributed by atoms with Crippen molar-refractivity contribution in [2.75, 3.05) is 7.11 Å². The highest BCUT2D eigenvalue weighted by Crippen LogP contribution is 2.20. The molecule has 1 aromatic rings. The van der Waals surface area contributed by atoms with Crippen LogP contribution < -0.4 is 0 Å². The van der Waals surface area contributed by atoms with Crippen molar-refractivity contribution in [1.82, 2.24) is 9.78 Å². The van der Waals surface area contributed by atoms with Crippen LogP contribution in [0, 0.1) is 0 Å². The van der Waals surface area contributed by atoms with Gasteiger partial charge in [0.2, 0.25) is 0 Å². The predicted octanol–water partition coefficient (Wildman–Crippen LogP) is 1.15. The minimum Gasteiger partial charge on any atom is -0.464 e. The molecule has 13 heavy (non-hydrogen) atoms. The van der Waals surface area contributed by atoms with Crippen molar-refractivity contribution >= 4 is 5.97 Å². The quantitative estimate of drug-likeness (QED) is 0.630. The van der Waals surface area contributed by atoms with Crippen molar-refractivity contribution in [2.45, 2.75) is 6.30 Å². The van der Waals surface area contributed by atoms with Gasteiger partial charge in [-0.3, -0.25) is 0 Å². The summed E-state index contributed by atoms with van der Waals surface area (Å²) in [5.41, 5.74) is -0.375. The van der Waals surface area contributed by atoms with Crippen LogP contribution in [0.2, 0.25) is 0 Å². The zero-order chi connectivity index (χ0) is 10.1. The Morgan fingerprint density at radius 3 is 2.62 bits per heavy atom. The SMILES string of the molecule is COC(=O)c1ccn(C(F)(F)F)n1. The minimum absolute atomic E-state index is 0.265. The minimum atomic E-state index is -4.60. The standard InChI is InChI=1S/C6H5F3N2O2/c1-13-5(12)4-2-3-11(10-4)6(7,8)9/h2-3H,1H3. The number of aromatic nitrogens is 2. The van der Waals surface area contributed by atoms with Crippen molar-refractivity contribution in [3.63, 3.8) is 0 Å². The van der Waals surface area contributed by atoms with Crippen LogP contribution >= 0.6 is 0 Å². The molecule has 0 aliphatic carbocycles. The average molecular weight is 194 g/mol. The Hall–Kier alpha value is -1.53. The molecule has 7 heteroatoms. The molecule has 1 aromatic heterocycles. The van der Waals surface area contributed by atoms with Gasteiger partial charge in [0.25, 0.3) is 0 Å². The summed E-state index contributed by atoms with van der Waals surface area (Å²) in [4.78, 5) is 10.7. The van der Waals surface area contributed by atoms with E-state index in [1.54, 1.807) is 0 Å². The maximum Gasteiger partial charge on any atom is 0.504 e. The van der Waals surface area contributed by atoms with Crippen LogP contribution in [0.5, 0.6) is 0 Å². The summed E-state index contributed by atoms with van der Waals surface area (Å²) >= 11 is 0. The van der Waals surface area contributed by atoms with Gasteiger partial charge in [-0.15, -0.1) is 13.2 Å². The van der Waals surface area contributed by atoms with Gasteiger partial charge in [-0.05, 0) is 6.07 Å². The molecule has 0 fully saturated rings. The summed E-state index contributed by atoms with van der Waals surface area (Å²) in [6, 6.07) is 0.930. The lowest BCUT2D eigenvalue weighted by Gasteiger charge is -2.03. The lowest BCUT2D eigenvalue weighted by atomic mass is 10.4. The van der Waals surface area contributed by atoms with Gasteiger partial charge in [0.15, 0.2) is 5.69 Å². The summed E-state index contributed by atoms with van der Waals surface area (Å²) in [5, 5.41) is 2.97. The third-order valence-electron chi connectivity index (χ3n) is 1.24. The number of methoxy groups -OCH3 is 1. The number of carbonyl (C=O) groups excluding carboxylic acids is 1. The van der Waals surface area contributed by atoms with Gasteiger partial charge in [-0.1, -0.05) is 0 Å². The second-order valence-electron chi connectivity index (χ2n) is 2.10. The number of ether oxygens (including phenoxy) is 1. The van der Waals surface area contributed by atoms with Crippen molar-refractivity contribution < 1.29 is 22.7 Å². The zero-order valence-corrected chi connectivity index (χ0v) is 6.50. The van der Waals surface area contributed by atoms with Crippen LogP contribution in [0.25, 0.3) is 0 Å². The topological polar surface area (TPSA) is 44.1 Å². The fraction of sp³-hybridized carbons (Fsp3) is 0.333. The second-order valence-corrected chi connectivity index (χ2v) is 2.10. The van der Waals surface area contributed by atoms with Crippen molar-refractivity contribution in [1.29, 1.82) is 0 Å². The average Bonchev–Trinajstić information content (AvgIpc) is 2.50. The molecule has 0 saturated heterocycles. The maximum atomic E-state index is 11.9. The van der Waals surface area contributed by atoms with E-state index >= 15 is 0 Å². The summed E-state index contributed by atoms with van der Waals surface area (Å²) < 4.78 is 39.7. The van der Waals surface area contributed by atoms with Crippen LogP contribution in [-0.4, -0.2) is 22.9 Å². The van der Waals surface area contributed by atoms with E-state index in [0.29, 0.717) is 6.20 Å². The third-order valence-corrected chi connectivity index (χ3v) is 1.24. The highest BCUT2D eigenvalue weighted by atomic mass is 19.4. The van der Waals surface area contributed by atoms with Crippen molar-refractivity contribution in [2.24, 2.45) is 0 Å². The van der Waals surface area contributed by atoms with Gasteiger partial charge in [-0.25, -0.2) is 4.79 Å². The van der Waals surface area contributed by atoms with E-state index in [1.165, 1.54) is 0 Å². The van der Waals surface area contributed by atoms with Crippen LogP contribution in [0.3, 0.4) is 0 Å². The number of hydrogen-bond acceptors (Lipinski definition) is 3. The van der Waals surface area contributed by atoms with E-state index in [-0.39, 0.29) is 10.4 Å². The Morgan fingerprint density at radius 2 is 2.23 bits per heavy atom. The molecule has 0 spiro atoms. The number of carbonyl (C=O) groups is 1. The first-order chi connectivity index (χ1) is 5.95. The summed E-state index contributed by atoms with van der Waals surface area (Å²) in [5.74, 6) is -0.900. The summed E-state index contributed by atoms with van der Waals surface area (Å²) in [6.45, 7) is 0. The van der Waals surface area contributed by atoms with Gasteiger partial charge in [0.1, 0.15) is 0 Å². The van der Waals surface area contributed by atoms with Crippen LogP contribution in [0.4, 0.5) is 13.2 Å². The summed E-state index contributed by atoms with van der Waals surface area (Å²) in [6.07, 6.45) is -3.96. The first-order valence-corrected chi connectivity index (χ1v) is 3.16. The Balaban J connectivity index is 2.93. The van der Waals surface area contributed by atoms with Crippen LogP contribution in [0.15, 0.2) is 12.3 Å². The molecule has 0 N–H and O–H groups in total. The molecule has 0 aliphatic rings. The van der Waals surface area contributed by atoms with Crippen LogP contribution in [0.1, 0.15) is 10.5 Å². The Bertz CT molecular complexity index is 318. The molecule has 1 heterocycles. The number of hydrogen-bond donors (Lipinski definition) is 0. The fourth-order valence-corrected chi connectivity index (χ4v) is 0.679. The molecule has 0 aromatic carbocycles. The monoisotopic (exact) mass is 194 g/mol. The number of rotatable bonds is 1. The van der Waals surface area contributed by atoms with Crippen molar-refractivity contribution in [3.8, 4) is 0 Å². The summed E-state index contributed by atoms with van der Waals surface area (Å²) in [7, 11) is 1.06. The normalized spacial score (nSPS) is 11.4. The molecule has 72 valence electrons. The first kappa shape index (κ1) is 9.56. The van der Waals surface area contributed by atoms with Gasteiger partial charge in [0.05, 0.1) is 7.11 Å².